The van der Waals surface area contributed by atoms with E-state index in [4.69, 9.17) is 10.7 Å². The highest BCUT2D eigenvalue weighted by molar-refractivity contribution is 5.80. The molecule has 1 aromatic carbocycles. The summed E-state index contributed by atoms with van der Waals surface area (Å²) < 4.78 is 2.41. The van der Waals surface area contributed by atoms with E-state index in [1.165, 1.54) is 18.4 Å². The summed E-state index contributed by atoms with van der Waals surface area (Å²) in [5.74, 6) is 1.88. The lowest BCUT2D eigenvalue weighted by molar-refractivity contribution is 0.409. The molecule has 116 valence electrons. The van der Waals surface area contributed by atoms with E-state index in [1.807, 2.05) is 12.1 Å². The normalized spacial score (nSPS) is 14.0. The van der Waals surface area contributed by atoms with Crippen molar-refractivity contribution in [3.63, 3.8) is 0 Å². The van der Waals surface area contributed by atoms with Crippen LogP contribution < -0.4 is 5.73 Å². The first-order chi connectivity index (χ1) is 9.70. The Balaban J connectivity index is 2.52. The summed E-state index contributed by atoms with van der Waals surface area (Å²) in [6.45, 7) is 13.5. The molecule has 0 aliphatic carbocycles. The lowest BCUT2D eigenvalue weighted by atomic mass is 9.94. The highest BCUT2D eigenvalue weighted by Gasteiger charge is 2.25. The Bertz CT molecular complexity index is 617. The molecule has 1 atom stereocenters. The number of nitrogen functional groups attached to an aromatic ring is 1. The van der Waals surface area contributed by atoms with Crippen LogP contribution in [0.2, 0.25) is 0 Å². The first-order valence-electron chi connectivity index (χ1n) is 7.98. The molecule has 1 heterocycles. The van der Waals surface area contributed by atoms with Gasteiger partial charge >= 0.3 is 0 Å². The van der Waals surface area contributed by atoms with Gasteiger partial charge in [-0.15, -0.1) is 0 Å². The van der Waals surface area contributed by atoms with E-state index in [0.29, 0.717) is 6.04 Å². The Morgan fingerprint density at radius 2 is 1.81 bits per heavy atom. The third kappa shape index (κ3) is 3.39. The molecule has 1 aromatic heterocycles. The zero-order chi connectivity index (χ0) is 15.8. The summed E-state index contributed by atoms with van der Waals surface area (Å²) in [6.07, 6.45) is 2.41. The molecular formula is C18H29N3. The maximum absolute atomic E-state index is 5.92. The SMILES string of the molecule is CC(C)CCC(C)n1c(C(C)(C)C)nc2cc(N)ccc21. The minimum atomic E-state index is 0.0277. The second-order valence-corrected chi connectivity index (χ2v) is 7.62. The molecule has 2 aromatic rings. The number of fused-ring (bicyclic) bond motifs is 1. The molecule has 3 nitrogen and oxygen atoms in total. The van der Waals surface area contributed by atoms with Crippen LogP contribution in [0.25, 0.3) is 11.0 Å². The third-order valence-corrected chi connectivity index (χ3v) is 3.99. The smallest absolute Gasteiger partial charge is 0.115 e. The molecule has 0 fully saturated rings. The van der Waals surface area contributed by atoms with Gasteiger partial charge in [0.2, 0.25) is 0 Å². The van der Waals surface area contributed by atoms with Crippen molar-refractivity contribution >= 4 is 16.7 Å². The van der Waals surface area contributed by atoms with E-state index in [1.54, 1.807) is 0 Å². The van der Waals surface area contributed by atoms with Crippen LogP contribution in [0.3, 0.4) is 0 Å². The number of nitrogens with two attached hydrogens (primary N) is 1. The Labute approximate surface area is 128 Å². The van der Waals surface area contributed by atoms with Gasteiger partial charge in [0, 0.05) is 17.1 Å². The molecule has 0 saturated heterocycles. The lowest BCUT2D eigenvalue weighted by Crippen LogP contribution is -2.21. The average Bonchev–Trinajstić information content (AvgIpc) is 2.74. The van der Waals surface area contributed by atoms with Crippen LogP contribution in [-0.4, -0.2) is 9.55 Å². The molecule has 2 rings (SSSR count). The van der Waals surface area contributed by atoms with E-state index in [0.717, 1.165) is 22.9 Å². The van der Waals surface area contributed by atoms with E-state index in [9.17, 15) is 0 Å². The molecule has 0 saturated carbocycles. The van der Waals surface area contributed by atoms with Gasteiger partial charge in [0.25, 0.3) is 0 Å². The van der Waals surface area contributed by atoms with E-state index in [-0.39, 0.29) is 5.41 Å². The van der Waals surface area contributed by atoms with E-state index < -0.39 is 0 Å². The Morgan fingerprint density at radius 1 is 1.14 bits per heavy atom. The fraction of sp³-hybridized carbons (Fsp3) is 0.611. The van der Waals surface area contributed by atoms with Gasteiger partial charge in [0.15, 0.2) is 0 Å². The molecule has 0 amide bonds. The van der Waals surface area contributed by atoms with Gasteiger partial charge in [0.1, 0.15) is 5.82 Å². The zero-order valence-corrected chi connectivity index (χ0v) is 14.3. The van der Waals surface area contributed by atoms with Crippen LogP contribution in [0.1, 0.15) is 66.3 Å². The minimum Gasteiger partial charge on any atom is -0.399 e. The fourth-order valence-electron chi connectivity index (χ4n) is 2.79. The van der Waals surface area contributed by atoms with Crippen LogP contribution >= 0.6 is 0 Å². The van der Waals surface area contributed by atoms with Crippen LogP contribution in [0.5, 0.6) is 0 Å². The standard InChI is InChI=1S/C18H29N3/c1-12(2)7-8-13(3)21-16-10-9-14(19)11-15(16)20-17(21)18(4,5)6/h9-13H,7-8,19H2,1-6H3. The first kappa shape index (κ1) is 15.9. The molecule has 0 radical (unpaired) electrons. The monoisotopic (exact) mass is 287 g/mol. The number of nitrogens with zero attached hydrogens (tertiary/aromatic N) is 2. The maximum atomic E-state index is 5.92. The predicted molar refractivity (Wildman–Crippen MR) is 91.6 cm³/mol. The summed E-state index contributed by atoms with van der Waals surface area (Å²) in [4.78, 5) is 4.88. The van der Waals surface area contributed by atoms with Gasteiger partial charge in [-0.05, 0) is 43.9 Å². The van der Waals surface area contributed by atoms with Crippen molar-refractivity contribution in [2.24, 2.45) is 5.92 Å². The number of imidazole rings is 1. The van der Waals surface area contributed by atoms with Gasteiger partial charge in [-0.25, -0.2) is 4.98 Å². The zero-order valence-electron chi connectivity index (χ0n) is 14.3. The summed E-state index contributed by atoms with van der Waals surface area (Å²) in [5, 5.41) is 0. The van der Waals surface area contributed by atoms with Crippen molar-refractivity contribution in [2.75, 3.05) is 5.73 Å². The molecule has 21 heavy (non-hydrogen) atoms. The highest BCUT2D eigenvalue weighted by atomic mass is 15.1. The van der Waals surface area contributed by atoms with Gasteiger partial charge in [-0.1, -0.05) is 34.6 Å². The molecule has 1 unspecified atom stereocenters. The van der Waals surface area contributed by atoms with Gasteiger partial charge in [0.05, 0.1) is 11.0 Å². The van der Waals surface area contributed by atoms with Crippen molar-refractivity contribution in [1.29, 1.82) is 0 Å². The largest absolute Gasteiger partial charge is 0.399 e. The van der Waals surface area contributed by atoms with Crippen molar-refractivity contribution in [3.8, 4) is 0 Å². The molecule has 0 spiro atoms. The van der Waals surface area contributed by atoms with Gasteiger partial charge in [-0.2, -0.15) is 0 Å². The number of benzene rings is 1. The summed E-state index contributed by atoms with van der Waals surface area (Å²) >= 11 is 0. The molecule has 0 bridgehead atoms. The van der Waals surface area contributed by atoms with Crippen LogP contribution in [-0.2, 0) is 5.41 Å². The average molecular weight is 287 g/mol. The van der Waals surface area contributed by atoms with E-state index in [2.05, 4.69) is 52.2 Å². The van der Waals surface area contributed by atoms with Crippen molar-refractivity contribution in [3.05, 3.63) is 24.0 Å². The van der Waals surface area contributed by atoms with Crippen molar-refractivity contribution in [2.45, 2.75) is 65.8 Å². The number of aromatic nitrogens is 2. The Kier molecular flexibility index (Phi) is 4.31. The Hall–Kier alpha value is -1.51. The highest BCUT2D eigenvalue weighted by Crippen LogP contribution is 2.32. The minimum absolute atomic E-state index is 0.0277. The Morgan fingerprint density at radius 3 is 2.38 bits per heavy atom. The van der Waals surface area contributed by atoms with Gasteiger partial charge < -0.3 is 10.3 Å². The van der Waals surface area contributed by atoms with Crippen LogP contribution in [0, 0.1) is 5.92 Å². The lowest BCUT2D eigenvalue weighted by Gasteiger charge is -2.25. The van der Waals surface area contributed by atoms with Crippen LogP contribution in [0.15, 0.2) is 18.2 Å². The maximum Gasteiger partial charge on any atom is 0.115 e. The fourth-order valence-corrected chi connectivity index (χ4v) is 2.79. The second kappa shape index (κ2) is 5.70. The summed E-state index contributed by atoms with van der Waals surface area (Å²) in [5.41, 5.74) is 8.94. The number of rotatable bonds is 4. The van der Waals surface area contributed by atoms with Crippen LogP contribution in [0.4, 0.5) is 5.69 Å². The summed E-state index contributed by atoms with van der Waals surface area (Å²) in [7, 11) is 0. The molecule has 0 aliphatic rings. The quantitative estimate of drug-likeness (QED) is 0.812. The molecule has 3 heteroatoms. The number of hydrogen-bond donors (Lipinski definition) is 1. The predicted octanol–water partition coefficient (Wildman–Crippen LogP) is 4.91. The van der Waals surface area contributed by atoms with Crippen molar-refractivity contribution < 1.29 is 0 Å². The van der Waals surface area contributed by atoms with Crippen molar-refractivity contribution in [1.82, 2.24) is 9.55 Å². The van der Waals surface area contributed by atoms with Gasteiger partial charge in [-0.3, -0.25) is 0 Å². The second-order valence-electron chi connectivity index (χ2n) is 7.62. The molecule has 2 N–H and O–H groups in total. The molecule has 0 aliphatic heterocycles. The third-order valence-electron chi connectivity index (χ3n) is 3.99. The van der Waals surface area contributed by atoms with E-state index >= 15 is 0 Å². The number of hydrogen-bond acceptors (Lipinski definition) is 2. The first-order valence-corrected chi connectivity index (χ1v) is 7.98. The molecular weight excluding hydrogens is 258 g/mol. The summed E-state index contributed by atoms with van der Waals surface area (Å²) in [6, 6.07) is 6.52. The topological polar surface area (TPSA) is 43.8 Å². The number of anilines is 1.